The molecule has 102 valence electrons. The van der Waals surface area contributed by atoms with E-state index in [2.05, 4.69) is 29.0 Å². The Balaban J connectivity index is 2.37. The molecule has 1 aromatic heterocycles. The first-order valence-corrected chi connectivity index (χ1v) is 6.58. The summed E-state index contributed by atoms with van der Waals surface area (Å²) < 4.78 is 0. The molecule has 1 amide bonds. The largest absolute Gasteiger partial charge is 0.352 e. The topological polar surface area (TPSA) is 69.0 Å². The zero-order valence-corrected chi connectivity index (χ0v) is 11.5. The van der Waals surface area contributed by atoms with Crippen LogP contribution < -0.4 is 5.32 Å². The van der Waals surface area contributed by atoms with Crippen molar-refractivity contribution in [1.82, 2.24) is 15.2 Å². The summed E-state index contributed by atoms with van der Waals surface area (Å²) in [6.07, 6.45) is 2.40. The smallest absolute Gasteiger partial charge is 0.251 e. The van der Waals surface area contributed by atoms with E-state index in [0.717, 1.165) is 26.1 Å². The van der Waals surface area contributed by atoms with Crippen molar-refractivity contribution < 1.29 is 4.79 Å². The molecule has 5 heteroatoms. The van der Waals surface area contributed by atoms with Crippen molar-refractivity contribution in [3.63, 3.8) is 0 Å². The molecule has 0 saturated heterocycles. The average Bonchev–Trinajstić information content (AvgIpc) is 2.47. The Hall–Kier alpha value is -1.93. The molecule has 0 radical (unpaired) electrons. The maximum absolute atomic E-state index is 11.8. The molecule has 0 fully saturated rings. The third kappa shape index (κ3) is 5.06. The van der Waals surface area contributed by atoms with Gasteiger partial charge in [-0.15, -0.1) is 0 Å². The van der Waals surface area contributed by atoms with Gasteiger partial charge in [-0.1, -0.05) is 13.8 Å². The van der Waals surface area contributed by atoms with Crippen LogP contribution in [0, 0.1) is 11.3 Å². The highest BCUT2D eigenvalue weighted by atomic mass is 16.1. The lowest BCUT2D eigenvalue weighted by molar-refractivity contribution is 0.0951. The van der Waals surface area contributed by atoms with Gasteiger partial charge >= 0.3 is 0 Å². The van der Waals surface area contributed by atoms with Crippen LogP contribution in [0.25, 0.3) is 0 Å². The van der Waals surface area contributed by atoms with Gasteiger partial charge in [0, 0.05) is 18.3 Å². The van der Waals surface area contributed by atoms with Gasteiger partial charge in [-0.25, -0.2) is 4.98 Å². The van der Waals surface area contributed by atoms with Crippen LogP contribution in [0.4, 0.5) is 0 Å². The number of hydrogen-bond acceptors (Lipinski definition) is 4. The summed E-state index contributed by atoms with van der Waals surface area (Å²) in [5, 5.41) is 11.6. The van der Waals surface area contributed by atoms with Crippen LogP contribution in [-0.4, -0.2) is 42.0 Å². The van der Waals surface area contributed by atoms with Crippen molar-refractivity contribution in [2.75, 3.05) is 26.2 Å². The monoisotopic (exact) mass is 260 g/mol. The zero-order valence-electron chi connectivity index (χ0n) is 11.5. The van der Waals surface area contributed by atoms with Gasteiger partial charge in [-0.2, -0.15) is 5.26 Å². The second kappa shape index (κ2) is 8.22. The van der Waals surface area contributed by atoms with Gasteiger partial charge in [0.2, 0.25) is 0 Å². The molecule has 0 atom stereocenters. The molecule has 0 aromatic carbocycles. The summed E-state index contributed by atoms with van der Waals surface area (Å²) in [7, 11) is 0. The molecule has 5 nitrogen and oxygen atoms in total. The molecule has 1 heterocycles. The predicted molar refractivity (Wildman–Crippen MR) is 73.7 cm³/mol. The third-order valence-electron chi connectivity index (χ3n) is 2.97. The Kier molecular flexibility index (Phi) is 6.55. The highest BCUT2D eigenvalue weighted by Crippen LogP contribution is 2.00. The number of hydrogen-bond donors (Lipinski definition) is 1. The van der Waals surface area contributed by atoms with Crippen LogP contribution in [0.2, 0.25) is 0 Å². The third-order valence-corrected chi connectivity index (χ3v) is 2.97. The van der Waals surface area contributed by atoms with Crippen molar-refractivity contribution >= 4 is 5.91 Å². The van der Waals surface area contributed by atoms with E-state index in [1.54, 1.807) is 6.07 Å². The standard InChI is InChI=1S/C14H20N4O/c1-3-18(4-2)9-5-7-17-14(19)12-6-8-16-13(10-12)11-15/h6,8,10H,3-5,7,9H2,1-2H3,(H,17,19). The minimum Gasteiger partial charge on any atom is -0.352 e. The van der Waals surface area contributed by atoms with Crippen LogP contribution in [0.3, 0.4) is 0 Å². The minimum atomic E-state index is -0.154. The average molecular weight is 260 g/mol. The fraction of sp³-hybridized carbons (Fsp3) is 0.500. The number of rotatable bonds is 7. The van der Waals surface area contributed by atoms with E-state index < -0.39 is 0 Å². The van der Waals surface area contributed by atoms with E-state index in [4.69, 9.17) is 5.26 Å². The van der Waals surface area contributed by atoms with Crippen molar-refractivity contribution in [2.24, 2.45) is 0 Å². The van der Waals surface area contributed by atoms with Gasteiger partial charge in [-0.05, 0) is 38.2 Å². The first-order valence-electron chi connectivity index (χ1n) is 6.58. The predicted octanol–water partition coefficient (Wildman–Crippen LogP) is 1.41. The Morgan fingerprint density at radius 1 is 1.47 bits per heavy atom. The first-order chi connectivity index (χ1) is 9.21. The number of carbonyl (C=O) groups is 1. The fourth-order valence-corrected chi connectivity index (χ4v) is 1.78. The van der Waals surface area contributed by atoms with E-state index >= 15 is 0 Å². The van der Waals surface area contributed by atoms with E-state index in [9.17, 15) is 4.79 Å². The molecule has 0 aliphatic carbocycles. The van der Waals surface area contributed by atoms with Gasteiger partial charge < -0.3 is 10.2 Å². The maximum atomic E-state index is 11.8. The van der Waals surface area contributed by atoms with Gasteiger partial charge in [0.25, 0.3) is 5.91 Å². The molecule has 0 aliphatic rings. The summed E-state index contributed by atoms with van der Waals surface area (Å²) in [4.78, 5) is 18.0. The van der Waals surface area contributed by atoms with Gasteiger partial charge in [0.15, 0.2) is 0 Å². The number of pyridine rings is 1. The zero-order chi connectivity index (χ0) is 14.1. The molecule has 0 spiro atoms. The normalized spacial score (nSPS) is 10.2. The van der Waals surface area contributed by atoms with Crippen LogP contribution in [0.1, 0.15) is 36.3 Å². The van der Waals surface area contributed by atoms with Crippen molar-refractivity contribution in [3.05, 3.63) is 29.6 Å². The number of carbonyl (C=O) groups excluding carboxylic acids is 1. The molecule has 1 aromatic rings. The molecule has 19 heavy (non-hydrogen) atoms. The Morgan fingerprint density at radius 2 is 2.21 bits per heavy atom. The van der Waals surface area contributed by atoms with Gasteiger partial charge in [0.05, 0.1) is 0 Å². The molecular formula is C14H20N4O. The first kappa shape index (κ1) is 15.1. The Morgan fingerprint density at radius 3 is 2.84 bits per heavy atom. The maximum Gasteiger partial charge on any atom is 0.251 e. The number of amides is 1. The lowest BCUT2D eigenvalue weighted by atomic mass is 10.2. The Labute approximate surface area is 114 Å². The fourth-order valence-electron chi connectivity index (χ4n) is 1.78. The number of nitrogens with one attached hydrogen (secondary N) is 1. The van der Waals surface area contributed by atoms with E-state index in [0.29, 0.717) is 12.1 Å². The second-order valence-electron chi connectivity index (χ2n) is 4.18. The Bertz CT molecular complexity index is 449. The quantitative estimate of drug-likeness (QED) is 0.753. The molecule has 0 saturated carbocycles. The van der Waals surface area contributed by atoms with Crippen LogP contribution in [0.15, 0.2) is 18.3 Å². The highest BCUT2D eigenvalue weighted by molar-refractivity contribution is 5.94. The van der Waals surface area contributed by atoms with Crippen molar-refractivity contribution in [3.8, 4) is 6.07 Å². The number of nitriles is 1. The van der Waals surface area contributed by atoms with Gasteiger partial charge in [0.1, 0.15) is 11.8 Å². The summed E-state index contributed by atoms with van der Waals surface area (Å²) in [6, 6.07) is 5.03. The second-order valence-corrected chi connectivity index (χ2v) is 4.18. The summed E-state index contributed by atoms with van der Waals surface area (Å²) in [5.74, 6) is -0.154. The SMILES string of the molecule is CCN(CC)CCCNC(=O)c1ccnc(C#N)c1. The summed E-state index contributed by atoms with van der Waals surface area (Å²) in [6.45, 7) is 7.93. The number of aromatic nitrogens is 1. The molecule has 0 aliphatic heterocycles. The number of nitrogens with zero attached hydrogens (tertiary/aromatic N) is 3. The highest BCUT2D eigenvalue weighted by Gasteiger charge is 2.06. The molecule has 1 rings (SSSR count). The summed E-state index contributed by atoms with van der Waals surface area (Å²) in [5.41, 5.74) is 0.741. The molecule has 0 bridgehead atoms. The van der Waals surface area contributed by atoms with Crippen molar-refractivity contribution in [1.29, 1.82) is 5.26 Å². The van der Waals surface area contributed by atoms with Crippen LogP contribution in [0.5, 0.6) is 0 Å². The summed E-state index contributed by atoms with van der Waals surface area (Å²) >= 11 is 0. The minimum absolute atomic E-state index is 0.154. The van der Waals surface area contributed by atoms with Crippen molar-refractivity contribution in [2.45, 2.75) is 20.3 Å². The lowest BCUT2D eigenvalue weighted by Crippen LogP contribution is -2.29. The van der Waals surface area contributed by atoms with E-state index in [-0.39, 0.29) is 11.6 Å². The van der Waals surface area contributed by atoms with Crippen LogP contribution >= 0.6 is 0 Å². The van der Waals surface area contributed by atoms with E-state index in [1.807, 2.05) is 6.07 Å². The van der Waals surface area contributed by atoms with E-state index in [1.165, 1.54) is 12.3 Å². The molecule has 0 unspecified atom stereocenters. The molecule has 1 N–H and O–H groups in total. The molecular weight excluding hydrogens is 240 g/mol. The van der Waals surface area contributed by atoms with Crippen LogP contribution in [-0.2, 0) is 0 Å². The van der Waals surface area contributed by atoms with Gasteiger partial charge in [-0.3, -0.25) is 4.79 Å². The lowest BCUT2D eigenvalue weighted by Gasteiger charge is -2.17.